The standard InChI is InChI=1S/C13H11FN2O2S/c1-7-4-8(6-18-7)13(17)16-9-2-3-11(14)10(5-9)12(15)19/h2-6H,1H3,(H2,15,19)(H,16,17). The summed E-state index contributed by atoms with van der Waals surface area (Å²) in [7, 11) is 0. The Morgan fingerprint density at radius 1 is 1.42 bits per heavy atom. The Kier molecular flexibility index (Phi) is 3.62. The molecular formula is C13H11FN2O2S. The summed E-state index contributed by atoms with van der Waals surface area (Å²) in [6, 6.07) is 5.63. The lowest BCUT2D eigenvalue weighted by molar-refractivity contribution is 0.102. The van der Waals surface area contributed by atoms with Gasteiger partial charge in [-0.05, 0) is 31.2 Å². The van der Waals surface area contributed by atoms with Crippen LogP contribution in [0.25, 0.3) is 0 Å². The van der Waals surface area contributed by atoms with Crippen molar-refractivity contribution in [1.82, 2.24) is 0 Å². The average Bonchev–Trinajstić information content (AvgIpc) is 2.78. The molecule has 3 N–H and O–H groups in total. The third-order valence-electron chi connectivity index (χ3n) is 2.48. The topological polar surface area (TPSA) is 68.3 Å². The maximum atomic E-state index is 13.4. The summed E-state index contributed by atoms with van der Waals surface area (Å²) in [4.78, 5) is 11.8. The van der Waals surface area contributed by atoms with Gasteiger partial charge < -0.3 is 15.5 Å². The Labute approximate surface area is 114 Å². The summed E-state index contributed by atoms with van der Waals surface area (Å²) >= 11 is 4.73. The summed E-state index contributed by atoms with van der Waals surface area (Å²) < 4.78 is 18.4. The summed E-state index contributed by atoms with van der Waals surface area (Å²) in [5.74, 6) is -0.241. The van der Waals surface area contributed by atoms with E-state index in [4.69, 9.17) is 22.4 Å². The normalized spacial score (nSPS) is 10.2. The van der Waals surface area contributed by atoms with E-state index >= 15 is 0 Å². The van der Waals surface area contributed by atoms with Crippen LogP contribution in [-0.4, -0.2) is 10.9 Å². The average molecular weight is 278 g/mol. The van der Waals surface area contributed by atoms with Crippen molar-refractivity contribution in [2.45, 2.75) is 6.92 Å². The second-order valence-electron chi connectivity index (χ2n) is 3.96. The number of halogens is 1. The summed E-state index contributed by atoms with van der Waals surface area (Å²) in [6.07, 6.45) is 1.35. The molecule has 0 radical (unpaired) electrons. The first-order chi connectivity index (χ1) is 8.97. The predicted molar refractivity (Wildman–Crippen MR) is 73.7 cm³/mol. The molecule has 1 heterocycles. The molecular weight excluding hydrogens is 267 g/mol. The van der Waals surface area contributed by atoms with Gasteiger partial charge in [-0.2, -0.15) is 0 Å². The zero-order chi connectivity index (χ0) is 14.0. The van der Waals surface area contributed by atoms with Crippen molar-refractivity contribution in [2.75, 3.05) is 5.32 Å². The third-order valence-corrected chi connectivity index (χ3v) is 2.70. The number of nitrogens with two attached hydrogens (primary N) is 1. The first kappa shape index (κ1) is 13.2. The molecule has 0 aliphatic rings. The lowest BCUT2D eigenvalue weighted by Gasteiger charge is -2.06. The highest BCUT2D eigenvalue weighted by atomic mass is 32.1. The lowest BCUT2D eigenvalue weighted by Crippen LogP contribution is -2.14. The smallest absolute Gasteiger partial charge is 0.258 e. The van der Waals surface area contributed by atoms with E-state index in [9.17, 15) is 9.18 Å². The van der Waals surface area contributed by atoms with Crippen LogP contribution < -0.4 is 11.1 Å². The largest absolute Gasteiger partial charge is 0.469 e. The van der Waals surface area contributed by atoms with E-state index in [1.54, 1.807) is 13.0 Å². The van der Waals surface area contributed by atoms with Crippen LogP contribution in [0, 0.1) is 12.7 Å². The van der Waals surface area contributed by atoms with Gasteiger partial charge in [-0.3, -0.25) is 4.79 Å². The molecule has 2 rings (SSSR count). The van der Waals surface area contributed by atoms with Crippen LogP contribution >= 0.6 is 12.2 Å². The molecule has 0 bridgehead atoms. The van der Waals surface area contributed by atoms with Gasteiger partial charge in [0.05, 0.1) is 5.56 Å². The SMILES string of the molecule is Cc1cc(C(=O)Nc2ccc(F)c(C(N)=S)c2)co1. The number of aryl methyl sites for hydroxylation is 1. The van der Waals surface area contributed by atoms with Crippen LogP contribution in [-0.2, 0) is 0 Å². The molecule has 0 saturated heterocycles. The van der Waals surface area contributed by atoms with E-state index in [0.29, 0.717) is 17.0 Å². The predicted octanol–water partition coefficient (Wildman–Crippen LogP) is 2.61. The second kappa shape index (κ2) is 5.19. The molecule has 2 aromatic rings. The molecule has 0 aliphatic heterocycles. The van der Waals surface area contributed by atoms with Gasteiger partial charge in [-0.1, -0.05) is 12.2 Å². The fourth-order valence-electron chi connectivity index (χ4n) is 1.56. The number of carbonyl (C=O) groups is 1. The number of thiocarbonyl (C=S) groups is 1. The molecule has 0 spiro atoms. The van der Waals surface area contributed by atoms with Gasteiger partial charge in [0, 0.05) is 11.3 Å². The number of carbonyl (C=O) groups excluding carboxylic acids is 1. The number of amides is 1. The Morgan fingerprint density at radius 2 is 2.16 bits per heavy atom. The van der Waals surface area contributed by atoms with Crippen LogP contribution in [0.15, 0.2) is 34.9 Å². The fourth-order valence-corrected chi connectivity index (χ4v) is 1.71. The second-order valence-corrected chi connectivity index (χ2v) is 4.40. The van der Waals surface area contributed by atoms with Gasteiger partial charge in [-0.15, -0.1) is 0 Å². The highest BCUT2D eigenvalue weighted by Gasteiger charge is 2.11. The van der Waals surface area contributed by atoms with Crippen molar-refractivity contribution in [3.8, 4) is 0 Å². The Balaban J connectivity index is 2.22. The van der Waals surface area contributed by atoms with Gasteiger partial charge in [0.2, 0.25) is 0 Å². The van der Waals surface area contributed by atoms with Gasteiger partial charge in [0.1, 0.15) is 22.8 Å². The van der Waals surface area contributed by atoms with Crippen LogP contribution in [0.2, 0.25) is 0 Å². The number of hydrogen-bond acceptors (Lipinski definition) is 3. The molecule has 0 fully saturated rings. The van der Waals surface area contributed by atoms with E-state index in [2.05, 4.69) is 5.32 Å². The third kappa shape index (κ3) is 2.97. The molecule has 19 heavy (non-hydrogen) atoms. The molecule has 0 saturated carbocycles. The summed E-state index contributed by atoms with van der Waals surface area (Å²) in [5, 5.41) is 2.61. The molecule has 6 heteroatoms. The number of anilines is 1. The van der Waals surface area contributed by atoms with Crippen molar-refractivity contribution in [3.05, 3.63) is 53.2 Å². The Bertz CT molecular complexity index is 652. The van der Waals surface area contributed by atoms with Gasteiger partial charge >= 0.3 is 0 Å². The zero-order valence-electron chi connectivity index (χ0n) is 10.1. The molecule has 98 valence electrons. The van der Waals surface area contributed by atoms with Crippen molar-refractivity contribution in [2.24, 2.45) is 5.73 Å². The number of hydrogen-bond donors (Lipinski definition) is 2. The van der Waals surface area contributed by atoms with E-state index in [-0.39, 0.29) is 16.5 Å². The van der Waals surface area contributed by atoms with E-state index in [0.717, 1.165) is 0 Å². The van der Waals surface area contributed by atoms with E-state index in [1.165, 1.54) is 24.5 Å². The highest BCUT2D eigenvalue weighted by Crippen LogP contribution is 2.16. The summed E-state index contributed by atoms with van der Waals surface area (Å²) in [6.45, 7) is 1.74. The minimum absolute atomic E-state index is 0.0623. The molecule has 4 nitrogen and oxygen atoms in total. The highest BCUT2D eigenvalue weighted by molar-refractivity contribution is 7.80. The van der Waals surface area contributed by atoms with Gasteiger partial charge in [-0.25, -0.2) is 4.39 Å². The maximum Gasteiger partial charge on any atom is 0.258 e. The van der Waals surface area contributed by atoms with Crippen molar-refractivity contribution < 1.29 is 13.6 Å². The van der Waals surface area contributed by atoms with E-state index in [1.807, 2.05) is 0 Å². The molecule has 1 aromatic heterocycles. The fraction of sp³-hybridized carbons (Fsp3) is 0.0769. The van der Waals surface area contributed by atoms with Crippen LogP contribution in [0.5, 0.6) is 0 Å². The van der Waals surface area contributed by atoms with Crippen molar-refractivity contribution in [1.29, 1.82) is 0 Å². The quantitative estimate of drug-likeness (QED) is 0.847. The molecule has 0 aliphatic carbocycles. The number of nitrogens with one attached hydrogen (secondary N) is 1. The first-order valence-electron chi connectivity index (χ1n) is 5.43. The lowest BCUT2D eigenvalue weighted by atomic mass is 10.2. The van der Waals surface area contributed by atoms with Gasteiger partial charge in [0.15, 0.2) is 0 Å². The van der Waals surface area contributed by atoms with Crippen molar-refractivity contribution >= 4 is 28.8 Å². The zero-order valence-corrected chi connectivity index (χ0v) is 10.9. The van der Waals surface area contributed by atoms with Crippen LogP contribution in [0.3, 0.4) is 0 Å². The molecule has 0 unspecified atom stereocenters. The molecule has 1 amide bonds. The minimum Gasteiger partial charge on any atom is -0.469 e. The van der Waals surface area contributed by atoms with E-state index < -0.39 is 5.82 Å². The molecule has 0 atom stereocenters. The van der Waals surface area contributed by atoms with Gasteiger partial charge in [0.25, 0.3) is 5.91 Å². The van der Waals surface area contributed by atoms with Crippen molar-refractivity contribution in [3.63, 3.8) is 0 Å². The maximum absolute atomic E-state index is 13.4. The van der Waals surface area contributed by atoms with Crippen LogP contribution in [0.4, 0.5) is 10.1 Å². The Hall–Kier alpha value is -2.21. The first-order valence-corrected chi connectivity index (χ1v) is 5.84. The minimum atomic E-state index is -0.523. The van der Waals surface area contributed by atoms with Crippen LogP contribution in [0.1, 0.15) is 21.7 Å². The number of benzene rings is 1. The number of rotatable bonds is 3. The molecule has 1 aromatic carbocycles. The summed E-state index contributed by atoms with van der Waals surface area (Å²) in [5.41, 5.74) is 6.28. The Morgan fingerprint density at radius 3 is 2.74 bits per heavy atom. The monoisotopic (exact) mass is 278 g/mol. The number of furan rings is 1.